The number of carbonyl (C=O) groups is 2. The lowest BCUT2D eigenvalue weighted by Crippen LogP contribution is -2.45. The minimum Gasteiger partial charge on any atom is -0.381 e. The first-order chi connectivity index (χ1) is 13.5. The Balaban J connectivity index is 1.63. The molecule has 0 spiro atoms. The van der Waals surface area contributed by atoms with Crippen LogP contribution in [0.5, 0.6) is 0 Å². The first-order valence-corrected chi connectivity index (χ1v) is 9.82. The van der Waals surface area contributed by atoms with Gasteiger partial charge < -0.3 is 15.4 Å². The van der Waals surface area contributed by atoms with Gasteiger partial charge in [0, 0.05) is 42.8 Å². The molecule has 2 amide bonds. The third-order valence-electron chi connectivity index (χ3n) is 5.15. The summed E-state index contributed by atoms with van der Waals surface area (Å²) >= 11 is 6.20. The molecule has 1 aliphatic heterocycles. The quantitative estimate of drug-likeness (QED) is 0.776. The van der Waals surface area contributed by atoms with Crippen molar-refractivity contribution >= 4 is 29.1 Å². The number of benzene rings is 2. The zero-order valence-corrected chi connectivity index (χ0v) is 16.7. The number of anilines is 1. The van der Waals surface area contributed by atoms with E-state index in [2.05, 4.69) is 16.7 Å². The highest BCUT2D eigenvalue weighted by molar-refractivity contribution is 6.30. The van der Waals surface area contributed by atoms with Gasteiger partial charge in [-0.1, -0.05) is 35.9 Å². The van der Waals surface area contributed by atoms with Gasteiger partial charge in [0.15, 0.2) is 0 Å². The largest absolute Gasteiger partial charge is 0.381 e. The summed E-state index contributed by atoms with van der Waals surface area (Å²) in [5.74, 6) is -0.145. The van der Waals surface area contributed by atoms with Crippen molar-refractivity contribution in [3.63, 3.8) is 0 Å². The summed E-state index contributed by atoms with van der Waals surface area (Å²) in [6, 6.07) is 15.2. The normalized spacial score (nSPS) is 15.6. The number of halogens is 1. The van der Waals surface area contributed by atoms with E-state index >= 15 is 0 Å². The summed E-state index contributed by atoms with van der Waals surface area (Å²) < 4.78 is 5.54. The summed E-state index contributed by atoms with van der Waals surface area (Å²) in [5, 5.41) is 6.52. The van der Waals surface area contributed by atoms with Gasteiger partial charge in [-0.05, 0) is 48.2 Å². The van der Waals surface area contributed by atoms with Crippen LogP contribution in [-0.2, 0) is 26.2 Å². The molecule has 1 aliphatic rings. The van der Waals surface area contributed by atoms with Gasteiger partial charge in [-0.2, -0.15) is 0 Å². The Kier molecular flexibility index (Phi) is 6.70. The van der Waals surface area contributed by atoms with Crippen molar-refractivity contribution in [2.24, 2.45) is 0 Å². The van der Waals surface area contributed by atoms with Gasteiger partial charge >= 0.3 is 0 Å². The Morgan fingerprint density at radius 3 is 2.46 bits per heavy atom. The van der Waals surface area contributed by atoms with Crippen molar-refractivity contribution in [3.05, 3.63) is 64.7 Å². The number of hydrogen-bond donors (Lipinski definition) is 2. The van der Waals surface area contributed by atoms with Crippen LogP contribution in [0.2, 0.25) is 5.02 Å². The highest BCUT2D eigenvalue weighted by Gasteiger charge is 2.35. The van der Waals surface area contributed by atoms with Crippen LogP contribution in [-0.4, -0.2) is 31.6 Å². The third kappa shape index (κ3) is 5.33. The van der Waals surface area contributed by atoms with E-state index in [1.807, 2.05) is 30.3 Å². The maximum Gasteiger partial charge on any atom is 0.224 e. The van der Waals surface area contributed by atoms with Gasteiger partial charge in [-0.15, -0.1) is 0 Å². The molecule has 148 valence electrons. The van der Waals surface area contributed by atoms with E-state index < -0.39 is 0 Å². The van der Waals surface area contributed by atoms with Gasteiger partial charge in [0.25, 0.3) is 0 Å². The highest BCUT2D eigenvalue weighted by atomic mass is 35.5. The summed E-state index contributed by atoms with van der Waals surface area (Å²) in [6.45, 7) is 3.37. The maximum atomic E-state index is 12.5. The van der Waals surface area contributed by atoms with Gasteiger partial charge in [0.05, 0.1) is 6.42 Å². The van der Waals surface area contributed by atoms with E-state index in [9.17, 15) is 9.59 Å². The van der Waals surface area contributed by atoms with Crippen LogP contribution in [0.1, 0.15) is 30.9 Å². The first kappa shape index (κ1) is 20.4. The van der Waals surface area contributed by atoms with Crippen molar-refractivity contribution in [3.8, 4) is 0 Å². The predicted molar refractivity (Wildman–Crippen MR) is 111 cm³/mol. The molecule has 0 aliphatic carbocycles. The monoisotopic (exact) mass is 400 g/mol. The zero-order valence-electron chi connectivity index (χ0n) is 16.0. The second-order valence-corrected chi connectivity index (χ2v) is 7.67. The second-order valence-electron chi connectivity index (χ2n) is 7.23. The smallest absolute Gasteiger partial charge is 0.224 e. The third-order valence-corrected chi connectivity index (χ3v) is 5.38. The number of rotatable bonds is 6. The number of ether oxygens (including phenoxy) is 1. The van der Waals surface area contributed by atoms with Gasteiger partial charge in [0.2, 0.25) is 11.8 Å². The van der Waals surface area contributed by atoms with Crippen molar-refractivity contribution in [2.45, 2.75) is 31.6 Å². The lowest BCUT2D eigenvalue weighted by molar-refractivity contribution is -0.121. The average molecular weight is 401 g/mol. The summed E-state index contributed by atoms with van der Waals surface area (Å²) in [7, 11) is 0. The predicted octanol–water partition coefficient (Wildman–Crippen LogP) is 3.71. The highest BCUT2D eigenvalue weighted by Crippen LogP contribution is 2.35. The Bertz CT molecular complexity index is 830. The fourth-order valence-corrected chi connectivity index (χ4v) is 3.76. The lowest BCUT2D eigenvalue weighted by atomic mass is 9.74. The van der Waals surface area contributed by atoms with Gasteiger partial charge in [-0.3, -0.25) is 9.59 Å². The Hall–Kier alpha value is -2.37. The first-order valence-electron chi connectivity index (χ1n) is 9.44. The molecule has 0 radical (unpaired) electrons. The molecule has 0 bridgehead atoms. The van der Waals surface area contributed by atoms with Crippen LogP contribution in [0.4, 0.5) is 5.69 Å². The molecule has 2 aromatic carbocycles. The van der Waals surface area contributed by atoms with E-state index in [0.717, 1.165) is 29.7 Å². The molecule has 6 heteroatoms. The van der Waals surface area contributed by atoms with Crippen molar-refractivity contribution in [1.82, 2.24) is 5.32 Å². The molecular weight excluding hydrogens is 376 g/mol. The molecule has 1 saturated heterocycles. The molecular formula is C22H25ClN2O3. The topological polar surface area (TPSA) is 67.4 Å². The van der Waals surface area contributed by atoms with Crippen LogP contribution >= 0.6 is 11.6 Å². The molecule has 5 nitrogen and oxygen atoms in total. The second kappa shape index (κ2) is 9.22. The molecule has 3 rings (SSSR count). The Morgan fingerprint density at radius 2 is 1.82 bits per heavy atom. The van der Waals surface area contributed by atoms with Crippen molar-refractivity contribution < 1.29 is 14.3 Å². The number of nitrogens with one attached hydrogen (secondary N) is 2. The summed E-state index contributed by atoms with van der Waals surface area (Å²) in [6.07, 6.45) is 1.99. The van der Waals surface area contributed by atoms with E-state index in [-0.39, 0.29) is 17.2 Å². The van der Waals surface area contributed by atoms with E-state index in [0.29, 0.717) is 31.2 Å². The van der Waals surface area contributed by atoms with Gasteiger partial charge in [-0.25, -0.2) is 0 Å². The zero-order chi connectivity index (χ0) is 20.0. The molecule has 0 unspecified atom stereocenters. The molecule has 1 heterocycles. The van der Waals surface area contributed by atoms with E-state index in [4.69, 9.17) is 16.3 Å². The minimum atomic E-state index is -0.159. The van der Waals surface area contributed by atoms with Crippen LogP contribution in [0, 0.1) is 0 Å². The Morgan fingerprint density at radius 1 is 1.11 bits per heavy atom. The molecule has 0 saturated carbocycles. The molecule has 28 heavy (non-hydrogen) atoms. The fourth-order valence-electron chi connectivity index (χ4n) is 3.57. The van der Waals surface area contributed by atoms with Crippen molar-refractivity contribution in [2.75, 3.05) is 25.1 Å². The number of carbonyl (C=O) groups excluding carboxylic acids is 2. The molecule has 0 aromatic heterocycles. The molecule has 1 fully saturated rings. The maximum absolute atomic E-state index is 12.5. The van der Waals surface area contributed by atoms with E-state index in [1.54, 1.807) is 12.1 Å². The Labute approximate surface area is 170 Å². The van der Waals surface area contributed by atoms with Gasteiger partial charge in [0.1, 0.15) is 0 Å². The number of hydrogen-bond acceptors (Lipinski definition) is 3. The minimum absolute atomic E-state index is 0.0276. The number of amides is 2. The van der Waals surface area contributed by atoms with E-state index in [1.165, 1.54) is 6.92 Å². The van der Waals surface area contributed by atoms with Crippen LogP contribution in [0.15, 0.2) is 48.5 Å². The molecule has 2 N–H and O–H groups in total. The summed E-state index contributed by atoms with van der Waals surface area (Å²) in [5.41, 5.74) is 2.60. The standard InChI is InChI=1S/C22H25ClN2O3/c1-16(26)25-20-7-5-17(6-8-20)13-21(27)24-15-22(9-11-28-12-10-22)18-3-2-4-19(23)14-18/h2-8,14H,9-13,15H2,1H3,(H,24,27)(H,25,26). The van der Waals surface area contributed by atoms with Crippen LogP contribution < -0.4 is 10.6 Å². The van der Waals surface area contributed by atoms with Crippen molar-refractivity contribution in [1.29, 1.82) is 0 Å². The molecule has 2 aromatic rings. The van der Waals surface area contributed by atoms with Crippen LogP contribution in [0.25, 0.3) is 0 Å². The lowest BCUT2D eigenvalue weighted by Gasteiger charge is -2.38. The summed E-state index contributed by atoms with van der Waals surface area (Å²) in [4.78, 5) is 23.6. The molecule has 0 atom stereocenters. The average Bonchev–Trinajstić information content (AvgIpc) is 2.68. The SMILES string of the molecule is CC(=O)Nc1ccc(CC(=O)NCC2(c3cccc(Cl)c3)CCOCC2)cc1. The van der Waals surface area contributed by atoms with Crippen LogP contribution in [0.3, 0.4) is 0 Å². The fraction of sp³-hybridized carbons (Fsp3) is 0.364.